The van der Waals surface area contributed by atoms with Crippen molar-refractivity contribution in [3.8, 4) is 0 Å². The van der Waals surface area contributed by atoms with Gasteiger partial charge in [0.05, 0.1) is 23.6 Å². The van der Waals surface area contributed by atoms with Crippen LogP contribution < -0.4 is 26.6 Å². The third kappa shape index (κ3) is 5.25. The van der Waals surface area contributed by atoms with Crippen LogP contribution in [0.1, 0.15) is 17.5 Å². The van der Waals surface area contributed by atoms with E-state index >= 15 is 0 Å². The predicted molar refractivity (Wildman–Crippen MR) is 112 cm³/mol. The first-order valence-electron chi connectivity index (χ1n) is 10.3. The van der Waals surface area contributed by atoms with E-state index in [1.165, 1.54) is 12.1 Å². The summed E-state index contributed by atoms with van der Waals surface area (Å²) < 4.78 is 38.9. The first kappa shape index (κ1) is 22.6. The number of benzene rings is 2. The maximum atomic E-state index is 13.0. The Hall–Kier alpha value is -3.60. The summed E-state index contributed by atoms with van der Waals surface area (Å²) in [4.78, 5) is 37.9. The van der Waals surface area contributed by atoms with E-state index in [1.807, 2.05) is 30.3 Å². The Morgan fingerprint density at radius 3 is 2.52 bits per heavy atom. The number of anilines is 1. The Labute approximate surface area is 187 Å². The number of piperidine rings is 1. The highest BCUT2D eigenvalue weighted by molar-refractivity contribution is 5.94. The SMILES string of the molecule is O=C1CC(C(=O)NCc2ccccc2)C2C(=O)NC(Nc3cccc(C(F)(F)F)c3)NC2N1. The first-order valence-corrected chi connectivity index (χ1v) is 10.3. The third-order valence-electron chi connectivity index (χ3n) is 5.60. The van der Waals surface area contributed by atoms with Crippen LogP contribution in [-0.4, -0.2) is 30.2 Å². The highest BCUT2D eigenvalue weighted by Crippen LogP contribution is 2.31. The maximum Gasteiger partial charge on any atom is 0.416 e. The second kappa shape index (κ2) is 9.10. The van der Waals surface area contributed by atoms with Crippen LogP contribution in [0.3, 0.4) is 0 Å². The molecule has 2 aromatic rings. The fourth-order valence-corrected chi connectivity index (χ4v) is 4.02. The van der Waals surface area contributed by atoms with Crippen molar-refractivity contribution in [2.24, 2.45) is 11.8 Å². The lowest BCUT2D eigenvalue weighted by molar-refractivity contribution is -0.146. The largest absolute Gasteiger partial charge is 0.416 e. The maximum absolute atomic E-state index is 13.0. The smallest absolute Gasteiger partial charge is 0.353 e. The van der Waals surface area contributed by atoms with E-state index in [0.29, 0.717) is 0 Å². The van der Waals surface area contributed by atoms with Crippen molar-refractivity contribution in [3.05, 3.63) is 65.7 Å². The number of nitrogens with one attached hydrogen (secondary N) is 5. The van der Waals surface area contributed by atoms with Gasteiger partial charge in [0.15, 0.2) is 6.29 Å². The second-order valence-corrected chi connectivity index (χ2v) is 7.92. The van der Waals surface area contributed by atoms with E-state index in [9.17, 15) is 27.6 Å². The molecule has 174 valence electrons. The van der Waals surface area contributed by atoms with Crippen LogP contribution in [0.15, 0.2) is 54.6 Å². The fraction of sp³-hybridized carbons (Fsp3) is 0.318. The van der Waals surface area contributed by atoms with Gasteiger partial charge in [0.25, 0.3) is 0 Å². The summed E-state index contributed by atoms with van der Waals surface area (Å²) >= 11 is 0. The molecule has 0 radical (unpaired) electrons. The number of rotatable bonds is 5. The summed E-state index contributed by atoms with van der Waals surface area (Å²) in [5.74, 6) is -3.10. The van der Waals surface area contributed by atoms with Gasteiger partial charge in [0.2, 0.25) is 17.7 Å². The lowest BCUT2D eigenvalue weighted by atomic mass is 9.81. The monoisotopic (exact) mass is 461 g/mol. The quantitative estimate of drug-likeness (QED) is 0.464. The highest BCUT2D eigenvalue weighted by Gasteiger charge is 2.48. The molecule has 4 unspecified atom stereocenters. The minimum Gasteiger partial charge on any atom is -0.353 e. The van der Waals surface area contributed by atoms with Gasteiger partial charge in [-0.15, -0.1) is 0 Å². The molecule has 2 aliphatic heterocycles. The molecule has 3 amide bonds. The summed E-state index contributed by atoms with van der Waals surface area (Å²) in [7, 11) is 0. The number of carbonyl (C=O) groups excluding carboxylic acids is 3. The average Bonchev–Trinajstić information content (AvgIpc) is 2.77. The van der Waals surface area contributed by atoms with Crippen LogP contribution in [0.4, 0.5) is 18.9 Å². The van der Waals surface area contributed by atoms with Gasteiger partial charge in [-0.2, -0.15) is 13.2 Å². The van der Waals surface area contributed by atoms with Crippen LogP contribution in [0.25, 0.3) is 0 Å². The molecule has 2 saturated heterocycles. The number of hydrogen-bond acceptors (Lipinski definition) is 5. The summed E-state index contributed by atoms with van der Waals surface area (Å²) in [6, 6.07) is 13.7. The Morgan fingerprint density at radius 1 is 1.03 bits per heavy atom. The van der Waals surface area contributed by atoms with Gasteiger partial charge >= 0.3 is 6.18 Å². The van der Waals surface area contributed by atoms with Gasteiger partial charge in [-0.1, -0.05) is 36.4 Å². The molecule has 2 aromatic carbocycles. The van der Waals surface area contributed by atoms with Crippen LogP contribution in [0.2, 0.25) is 0 Å². The molecule has 2 aliphatic rings. The van der Waals surface area contributed by atoms with Gasteiger partial charge in [-0.3, -0.25) is 19.7 Å². The van der Waals surface area contributed by atoms with Crippen molar-refractivity contribution >= 4 is 23.4 Å². The Balaban J connectivity index is 1.43. The summed E-state index contributed by atoms with van der Waals surface area (Å²) in [5.41, 5.74) is 0.160. The molecule has 11 heteroatoms. The Kier molecular flexibility index (Phi) is 6.23. The molecule has 8 nitrogen and oxygen atoms in total. The van der Waals surface area contributed by atoms with Gasteiger partial charge in [0, 0.05) is 18.7 Å². The molecule has 5 N–H and O–H groups in total. The van der Waals surface area contributed by atoms with E-state index < -0.39 is 53.8 Å². The molecule has 0 bridgehead atoms. The number of halogens is 3. The normalized spacial score (nSPS) is 24.8. The van der Waals surface area contributed by atoms with Crippen molar-refractivity contribution < 1.29 is 27.6 Å². The summed E-state index contributed by atoms with van der Waals surface area (Å²) in [6.45, 7) is 0.254. The highest BCUT2D eigenvalue weighted by atomic mass is 19.4. The molecule has 4 rings (SSSR count). The zero-order valence-corrected chi connectivity index (χ0v) is 17.3. The van der Waals surface area contributed by atoms with E-state index in [1.54, 1.807) is 0 Å². The minimum atomic E-state index is -4.51. The number of alkyl halides is 3. The zero-order valence-electron chi connectivity index (χ0n) is 17.3. The van der Waals surface area contributed by atoms with Crippen LogP contribution in [0, 0.1) is 11.8 Å². The summed E-state index contributed by atoms with van der Waals surface area (Å²) in [5, 5.41) is 13.7. The molecule has 33 heavy (non-hydrogen) atoms. The standard InChI is InChI=1S/C22H22F3N5O3/c23-22(24,25)13-7-4-8-14(9-13)27-21-29-18-17(20(33)30-21)15(10-16(31)28-18)19(32)26-11-12-5-2-1-3-6-12/h1-9,15,17-18,21,27,29H,10-11H2,(H,26,32)(H,28,31)(H,30,33). The molecule has 0 aliphatic carbocycles. The van der Waals surface area contributed by atoms with Crippen molar-refractivity contribution in [1.29, 1.82) is 0 Å². The fourth-order valence-electron chi connectivity index (χ4n) is 4.02. The molecule has 0 spiro atoms. The van der Waals surface area contributed by atoms with Crippen molar-refractivity contribution in [2.45, 2.75) is 31.6 Å². The molecular formula is C22H22F3N5O3. The third-order valence-corrected chi connectivity index (χ3v) is 5.60. The molecule has 4 atom stereocenters. The van der Waals surface area contributed by atoms with E-state index in [4.69, 9.17) is 0 Å². The van der Waals surface area contributed by atoms with Crippen molar-refractivity contribution in [2.75, 3.05) is 5.32 Å². The van der Waals surface area contributed by atoms with Gasteiger partial charge < -0.3 is 21.3 Å². The minimum absolute atomic E-state index is 0.125. The number of fused-ring (bicyclic) bond motifs is 1. The molecule has 2 fully saturated rings. The van der Waals surface area contributed by atoms with E-state index in [0.717, 1.165) is 17.7 Å². The Bertz CT molecular complexity index is 1050. The van der Waals surface area contributed by atoms with Crippen LogP contribution in [-0.2, 0) is 27.1 Å². The zero-order chi connectivity index (χ0) is 23.6. The number of carbonyl (C=O) groups is 3. The van der Waals surface area contributed by atoms with E-state index in [-0.39, 0.29) is 18.7 Å². The first-order chi connectivity index (χ1) is 15.7. The van der Waals surface area contributed by atoms with Crippen molar-refractivity contribution in [3.63, 3.8) is 0 Å². The lowest BCUT2D eigenvalue weighted by Gasteiger charge is -2.43. The van der Waals surface area contributed by atoms with Crippen LogP contribution in [0.5, 0.6) is 0 Å². The lowest BCUT2D eigenvalue weighted by Crippen LogP contribution is -2.72. The molecule has 2 heterocycles. The predicted octanol–water partition coefficient (Wildman–Crippen LogP) is 1.52. The number of hydrogen-bond donors (Lipinski definition) is 5. The Morgan fingerprint density at radius 2 is 1.79 bits per heavy atom. The number of amides is 3. The molecule has 0 aromatic heterocycles. The van der Waals surface area contributed by atoms with Crippen molar-refractivity contribution in [1.82, 2.24) is 21.3 Å². The van der Waals surface area contributed by atoms with Gasteiger partial charge in [0.1, 0.15) is 0 Å². The van der Waals surface area contributed by atoms with Gasteiger partial charge in [-0.25, -0.2) is 0 Å². The van der Waals surface area contributed by atoms with E-state index in [2.05, 4.69) is 26.6 Å². The van der Waals surface area contributed by atoms with Gasteiger partial charge in [-0.05, 0) is 23.8 Å². The topological polar surface area (TPSA) is 111 Å². The molecule has 0 saturated carbocycles. The summed E-state index contributed by atoms with van der Waals surface area (Å²) in [6.07, 6.45) is -6.48. The molecular weight excluding hydrogens is 439 g/mol. The van der Waals surface area contributed by atoms with Crippen LogP contribution >= 0.6 is 0 Å². The average molecular weight is 461 g/mol. The second-order valence-electron chi connectivity index (χ2n) is 7.92.